The molecule has 11 rings (SSSR count). The lowest BCUT2D eigenvalue weighted by atomic mass is 9.68. The summed E-state index contributed by atoms with van der Waals surface area (Å²) in [6.45, 7) is 0. The van der Waals surface area contributed by atoms with Crippen LogP contribution in [0.1, 0.15) is 43.2 Å². The summed E-state index contributed by atoms with van der Waals surface area (Å²) in [5, 5.41) is 0. The zero-order chi connectivity index (χ0) is 40.6. The van der Waals surface area contributed by atoms with Crippen LogP contribution in [0.5, 0.6) is 0 Å². The maximum Gasteiger partial charge on any atom is 0.0543 e. The van der Waals surface area contributed by atoms with Gasteiger partial charge in [-0.25, -0.2) is 0 Å². The fraction of sp³-hybridized carbons (Fsp3) is 0.100. The molecule has 0 heterocycles. The van der Waals surface area contributed by atoms with Gasteiger partial charge in [0.2, 0.25) is 0 Å². The Kier molecular flexibility index (Phi) is 9.51. The summed E-state index contributed by atoms with van der Waals surface area (Å²) in [6.07, 6.45) is 6.23. The molecule has 0 saturated heterocycles. The first kappa shape index (κ1) is 36.8. The van der Waals surface area contributed by atoms with Crippen LogP contribution < -0.4 is 4.90 Å². The second-order valence-electron chi connectivity index (χ2n) is 16.7. The molecule has 0 radical (unpaired) electrons. The third-order valence-corrected chi connectivity index (χ3v) is 13.3. The molecule has 61 heavy (non-hydrogen) atoms. The summed E-state index contributed by atoms with van der Waals surface area (Å²) >= 11 is 0. The number of fused-ring (bicyclic) bond motifs is 5. The number of hydrogen-bond acceptors (Lipinski definition) is 1. The minimum atomic E-state index is 0.0484. The number of para-hydroxylation sites is 1. The smallest absolute Gasteiger partial charge is 0.0543 e. The lowest BCUT2D eigenvalue weighted by Gasteiger charge is -2.36. The fourth-order valence-electron chi connectivity index (χ4n) is 10.5. The summed E-state index contributed by atoms with van der Waals surface area (Å²) in [4.78, 5) is 2.55. The predicted octanol–water partition coefficient (Wildman–Crippen LogP) is 16.7. The summed E-state index contributed by atoms with van der Waals surface area (Å²) in [5.41, 5.74) is 21.4. The molecule has 1 saturated carbocycles. The van der Waals surface area contributed by atoms with Crippen molar-refractivity contribution in [1.29, 1.82) is 0 Å². The lowest BCUT2D eigenvalue weighted by Crippen LogP contribution is -2.28. The van der Waals surface area contributed by atoms with Gasteiger partial charge < -0.3 is 4.90 Å². The van der Waals surface area contributed by atoms with E-state index in [9.17, 15) is 0 Å². The Labute approximate surface area is 360 Å². The fourth-order valence-corrected chi connectivity index (χ4v) is 10.5. The molecular formula is C60H47N. The molecule has 0 N–H and O–H groups in total. The molecule has 1 spiro atoms. The average Bonchev–Trinajstić information content (AvgIpc) is 3.61. The maximum absolute atomic E-state index is 2.55. The Morgan fingerprint density at radius 2 is 0.754 bits per heavy atom. The van der Waals surface area contributed by atoms with Gasteiger partial charge in [0.15, 0.2) is 0 Å². The van der Waals surface area contributed by atoms with Crippen molar-refractivity contribution in [2.45, 2.75) is 37.5 Å². The summed E-state index contributed by atoms with van der Waals surface area (Å²) < 4.78 is 0. The van der Waals surface area contributed by atoms with E-state index in [-0.39, 0.29) is 5.41 Å². The zero-order valence-electron chi connectivity index (χ0n) is 34.3. The van der Waals surface area contributed by atoms with Crippen LogP contribution in [0.4, 0.5) is 17.1 Å². The van der Waals surface area contributed by atoms with Crippen molar-refractivity contribution in [3.63, 3.8) is 0 Å². The summed E-state index contributed by atoms with van der Waals surface area (Å²) in [5.74, 6) is 0. The Hall–Kier alpha value is -7.22. The number of rotatable bonds is 8. The van der Waals surface area contributed by atoms with Crippen molar-refractivity contribution < 1.29 is 0 Å². The van der Waals surface area contributed by atoms with Crippen LogP contribution in [-0.4, -0.2) is 0 Å². The van der Waals surface area contributed by atoms with Gasteiger partial charge >= 0.3 is 0 Å². The highest BCUT2D eigenvalue weighted by atomic mass is 15.1. The van der Waals surface area contributed by atoms with Gasteiger partial charge in [0.25, 0.3) is 0 Å². The molecule has 2 aliphatic carbocycles. The van der Waals surface area contributed by atoms with Gasteiger partial charge in [-0.2, -0.15) is 0 Å². The normalized spacial score (nSPS) is 13.7. The highest BCUT2D eigenvalue weighted by Gasteiger charge is 2.45. The third-order valence-electron chi connectivity index (χ3n) is 13.3. The minimum absolute atomic E-state index is 0.0484. The van der Waals surface area contributed by atoms with Gasteiger partial charge in [0.05, 0.1) is 11.4 Å². The molecule has 0 atom stereocenters. The summed E-state index contributed by atoms with van der Waals surface area (Å²) in [6, 6.07) is 82.9. The number of benzene rings is 9. The lowest BCUT2D eigenvalue weighted by molar-refractivity contribution is 0.353. The van der Waals surface area contributed by atoms with E-state index in [1.807, 2.05) is 0 Å². The van der Waals surface area contributed by atoms with Gasteiger partial charge in [-0.1, -0.05) is 213 Å². The third kappa shape index (κ3) is 6.49. The quantitative estimate of drug-likeness (QED) is 0.148. The van der Waals surface area contributed by atoms with Gasteiger partial charge in [0, 0.05) is 22.2 Å². The minimum Gasteiger partial charge on any atom is -0.309 e. The first-order valence-electron chi connectivity index (χ1n) is 21.9. The molecule has 0 unspecified atom stereocenters. The average molecular weight is 782 g/mol. The van der Waals surface area contributed by atoms with E-state index in [4.69, 9.17) is 0 Å². The van der Waals surface area contributed by atoms with Gasteiger partial charge in [-0.3, -0.25) is 0 Å². The van der Waals surface area contributed by atoms with Crippen LogP contribution in [-0.2, 0) is 5.41 Å². The molecule has 1 nitrogen and oxygen atoms in total. The second kappa shape index (κ2) is 15.8. The van der Waals surface area contributed by atoms with Crippen molar-refractivity contribution >= 4 is 17.1 Å². The zero-order valence-corrected chi connectivity index (χ0v) is 34.3. The summed E-state index contributed by atoms with van der Waals surface area (Å²) in [7, 11) is 0. The number of anilines is 3. The maximum atomic E-state index is 2.55. The van der Waals surface area contributed by atoms with E-state index in [0.717, 1.165) is 11.4 Å². The van der Waals surface area contributed by atoms with Crippen molar-refractivity contribution in [2.75, 3.05) is 4.90 Å². The Bertz CT molecular complexity index is 2990. The first-order valence-corrected chi connectivity index (χ1v) is 21.9. The van der Waals surface area contributed by atoms with Gasteiger partial charge in [-0.05, 0) is 110 Å². The predicted molar refractivity (Wildman–Crippen MR) is 258 cm³/mol. The molecule has 9 aromatic carbocycles. The van der Waals surface area contributed by atoms with Crippen LogP contribution in [0.3, 0.4) is 0 Å². The second-order valence-corrected chi connectivity index (χ2v) is 16.7. The van der Waals surface area contributed by atoms with Crippen LogP contribution >= 0.6 is 0 Å². The van der Waals surface area contributed by atoms with Crippen LogP contribution in [0, 0.1) is 0 Å². The monoisotopic (exact) mass is 781 g/mol. The van der Waals surface area contributed by atoms with E-state index in [1.165, 1.54) is 116 Å². The molecule has 292 valence electrons. The van der Waals surface area contributed by atoms with E-state index < -0.39 is 0 Å². The van der Waals surface area contributed by atoms with E-state index in [1.54, 1.807) is 0 Å². The standard InChI is InChI=1S/C60H47N/c1-4-20-43(21-5-1)46-24-18-25-47(42-46)44-36-38-48(39-37-44)61(58-35-19-33-56-59(58)54-31-12-14-32-55(54)60(56)40-16-3-17-41-60)57-34-15-13-30-53(57)52-29-11-10-28-51(52)50-27-9-8-26-49(50)45-22-6-2-7-23-45/h1-2,4-15,18-39,42H,3,16-17,40-41H2. The molecule has 1 fully saturated rings. The number of nitrogens with zero attached hydrogens (tertiary/aromatic N) is 1. The highest BCUT2D eigenvalue weighted by Crippen LogP contribution is 2.59. The van der Waals surface area contributed by atoms with E-state index >= 15 is 0 Å². The van der Waals surface area contributed by atoms with Crippen molar-refractivity contribution in [3.8, 4) is 66.8 Å². The Morgan fingerprint density at radius 3 is 1.44 bits per heavy atom. The number of hydrogen-bond donors (Lipinski definition) is 0. The van der Waals surface area contributed by atoms with Gasteiger partial charge in [-0.15, -0.1) is 0 Å². The van der Waals surface area contributed by atoms with Crippen molar-refractivity contribution in [2.24, 2.45) is 0 Å². The topological polar surface area (TPSA) is 3.24 Å². The van der Waals surface area contributed by atoms with Crippen LogP contribution in [0.25, 0.3) is 66.8 Å². The largest absolute Gasteiger partial charge is 0.309 e. The van der Waals surface area contributed by atoms with E-state index in [0.29, 0.717) is 0 Å². The van der Waals surface area contributed by atoms with Crippen LogP contribution in [0.15, 0.2) is 224 Å². The van der Waals surface area contributed by atoms with Crippen molar-refractivity contribution in [1.82, 2.24) is 0 Å². The first-order chi connectivity index (χ1) is 30.3. The molecule has 0 aromatic heterocycles. The SMILES string of the molecule is c1ccc(-c2cccc(-c3ccc(N(c4ccccc4-c4ccccc4-c4ccccc4-c4ccccc4)c4cccc5c4-c4ccccc4C54CCCCC4)cc3)c2)cc1. The Balaban J connectivity index is 1.11. The van der Waals surface area contributed by atoms with E-state index in [2.05, 4.69) is 229 Å². The van der Waals surface area contributed by atoms with Crippen LogP contribution in [0.2, 0.25) is 0 Å². The molecule has 9 aromatic rings. The van der Waals surface area contributed by atoms with Gasteiger partial charge in [0.1, 0.15) is 0 Å². The molecule has 0 bridgehead atoms. The molecule has 0 aliphatic heterocycles. The highest BCUT2D eigenvalue weighted by molar-refractivity contribution is 6.01. The van der Waals surface area contributed by atoms with Crippen molar-refractivity contribution in [3.05, 3.63) is 236 Å². The molecule has 1 heteroatoms. The molecule has 2 aliphatic rings. The Morgan fingerprint density at radius 1 is 0.295 bits per heavy atom. The molecule has 0 amide bonds. The molecular weight excluding hydrogens is 735 g/mol.